The van der Waals surface area contributed by atoms with Gasteiger partial charge in [0, 0.05) is 51.3 Å². The summed E-state index contributed by atoms with van der Waals surface area (Å²) in [6.07, 6.45) is 3.31. The third-order valence-electron chi connectivity index (χ3n) is 5.31. The van der Waals surface area contributed by atoms with E-state index < -0.39 is 0 Å². The van der Waals surface area contributed by atoms with E-state index in [9.17, 15) is 0 Å². The second-order valence-electron chi connectivity index (χ2n) is 7.56. The molecule has 0 bridgehead atoms. The Hall–Kier alpha value is -0.900. The molecule has 164 valence electrons. The van der Waals surface area contributed by atoms with E-state index in [0.29, 0.717) is 11.8 Å². The number of nitrogens with zero attached hydrogens (tertiary/aromatic N) is 1. The largest absolute Gasteiger partial charge is 0.381 e. The van der Waals surface area contributed by atoms with Gasteiger partial charge in [0.1, 0.15) is 0 Å². The number of aliphatic imine (C=N–C) groups is 1. The van der Waals surface area contributed by atoms with Crippen LogP contribution < -0.4 is 10.6 Å². The number of benzene rings is 1. The van der Waals surface area contributed by atoms with Crippen LogP contribution in [0.25, 0.3) is 0 Å². The van der Waals surface area contributed by atoms with E-state index in [0.717, 1.165) is 77.9 Å². The smallest absolute Gasteiger partial charge is 0.191 e. The summed E-state index contributed by atoms with van der Waals surface area (Å²) in [5.74, 6) is 1.89. The molecule has 2 aliphatic rings. The molecule has 0 aliphatic carbocycles. The highest BCUT2D eigenvalue weighted by molar-refractivity contribution is 14.0. The van der Waals surface area contributed by atoms with Gasteiger partial charge >= 0.3 is 0 Å². The van der Waals surface area contributed by atoms with Crippen LogP contribution in [0, 0.1) is 11.8 Å². The lowest BCUT2D eigenvalue weighted by Gasteiger charge is -2.18. The number of nitrogens with one attached hydrogen (secondary N) is 2. The van der Waals surface area contributed by atoms with Gasteiger partial charge in [-0.25, -0.2) is 0 Å². The van der Waals surface area contributed by atoms with Gasteiger partial charge in [-0.1, -0.05) is 30.3 Å². The molecule has 0 saturated carbocycles. The van der Waals surface area contributed by atoms with Crippen molar-refractivity contribution in [3.8, 4) is 0 Å². The molecule has 2 saturated heterocycles. The van der Waals surface area contributed by atoms with E-state index in [1.807, 2.05) is 6.07 Å². The van der Waals surface area contributed by atoms with Gasteiger partial charge in [-0.3, -0.25) is 4.99 Å². The zero-order valence-corrected chi connectivity index (χ0v) is 19.8. The summed E-state index contributed by atoms with van der Waals surface area (Å²) in [5, 5.41) is 6.76. The molecule has 2 N–H and O–H groups in total. The number of rotatable bonds is 10. The average molecular weight is 517 g/mol. The minimum atomic E-state index is 0. The maximum atomic E-state index is 5.98. The van der Waals surface area contributed by atoms with Crippen LogP contribution in [-0.2, 0) is 14.2 Å². The maximum absolute atomic E-state index is 5.98. The molecule has 29 heavy (non-hydrogen) atoms. The zero-order chi connectivity index (χ0) is 19.4. The highest BCUT2D eigenvalue weighted by Crippen LogP contribution is 2.34. The molecular weight excluding hydrogens is 481 g/mol. The van der Waals surface area contributed by atoms with Crippen LogP contribution in [0.15, 0.2) is 35.3 Å². The minimum Gasteiger partial charge on any atom is -0.381 e. The normalized spacial score (nSPS) is 24.3. The molecule has 0 amide bonds. The molecule has 6 nitrogen and oxygen atoms in total. The predicted octanol–water partition coefficient (Wildman–Crippen LogP) is 3.38. The molecule has 1 aromatic carbocycles. The van der Waals surface area contributed by atoms with Gasteiger partial charge in [-0.2, -0.15) is 0 Å². The van der Waals surface area contributed by atoms with Crippen molar-refractivity contribution in [3.05, 3.63) is 35.9 Å². The van der Waals surface area contributed by atoms with Crippen LogP contribution in [0.5, 0.6) is 0 Å². The molecule has 7 heteroatoms. The first kappa shape index (κ1) is 24.4. The molecule has 3 atom stereocenters. The molecule has 0 spiro atoms. The van der Waals surface area contributed by atoms with Crippen molar-refractivity contribution < 1.29 is 14.2 Å². The summed E-state index contributed by atoms with van der Waals surface area (Å²) in [4.78, 5) is 4.81. The van der Waals surface area contributed by atoms with Crippen molar-refractivity contribution >= 4 is 29.9 Å². The molecule has 2 fully saturated rings. The van der Waals surface area contributed by atoms with Crippen LogP contribution in [-0.4, -0.2) is 58.6 Å². The Morgan fingerprint density at radius 2 is 2.03 bits per heavy atom. The summed E-state index contributed by atoms with van der Waals surface area (Å²) in [7, 11) is 0. The Morgan fingerprint density at radius 1 is 1.17 bits per heavy atom. The lowest BCUT2D eigenvalue weighted by atomic mass is 9.95. The number of guanidine groups is 1. The number of hydrogen-bond donors (Lipinski definition) is 2. The molecular formula is C22H36IN3O3. The highest BCUT2D eigenvalue weighted by atomic mass is 127. The van der Waals surface area contributed by atoms with Crippen molar-refractivity contribution in [2.24, 2.45) is 16.8 Å². The fourth-order valence-corrected chi connectivity index (χ4v) is 3.73. The molecule has 1 aromatic rings. The van der Waals surface area contributed by atoms with Gasteiger partial charge < -0.3 is 24.8 Å². The maximum Gasteiger partial charge on any atom is 0.191 e. The monoisotopic (exact) mass is 517 g/mol. The predicted molar refractivity (Wildman–Crippen MR) is 127 cm³/mol. The summed E-state index contributed by atoms with van der Waals surface area (Å²) < 4.78 is 17.1. The van der Waals surface area contributed by atoms with Crippen molar-refractivity contribution in [3.63, 3.8) is 0 Å². The van der Waals surface area contributed by atoms with Crippen LogP contribution in [0.4, 0.5) is 0 Å². The van der Waals surface area contributed by atoms with Crippen molar-refractivity contribution in [1.82, 2.24) is 10.6 Å². The second-order valence-corrected chi connectivity index (χ2v) is 7.56. The number of hydrogen-bond acceptors (Lipinski definition) is 4. The zero-order valence-electron chi connectivity index (χ0n) is 17.5. The van der Waals surface area contributed by atoms with E-state index in [2.05, 4.69) is 41.8 Å². The van der Waals surface area contributed by atoms with Crippen molar-refractivity contribution in [1.29, 1.82) is 0 Å². The van der Waals surface area contributed by atoms with Crippen LogP contribution in [0.1, 0.15) is 37.9 Å². The van der Waals surface area contributed by atoms with Crippen molar-refractivity contribution in [2.45, 2.75) is 32.3 Å². The average Bonchev–Trinajstić information content (AvgIpc) is 3.41. The van der Waals surface area contributed by atoms with E-state index in [4.69, 9.17) is 19.2 Å². The lowest BCUT2D eigenvalue weighted by Crippen LogP contribution is -2.38. The third kappa shape index (κ3) is 8.39. The lowest BCUT2D eigenvalue weighted by molar-refractivity contribution is 0.0888. The van der Waals surface area contributed by atoms with Gasteiger partial charge in [0.25, 0.3) is 0 Å². The first-order chi connectivity index (χ1) is 13.9. The molecule has 3 unspecified atom stereocenters. The Labute approximate surface area is 192 Å². The Bertz CT molecular complexity index is 582. The first-order valence-electron chi connectivity index (χ1n) is 10.7. The van der Waals surface area contributed by atoms with Gasteiger partial charge in [-0.15, -0.1) is 24.0 Å². The minimum absolute atomic E-state index is 0. The molecule has 0 radical (unpaired) electrons. The summed E-state index contributed by atoms with van der Waals surface area (Å²) in [5.41, 5.74) is 1.25. The van der Waals surface area contributed by atoms with Crippen LogP contribution >= 0.6 is 24.0 Å². The molecule has 2 heterocycles. The Balaban J connectivity index is 0.00000300. The van der Waals surface area contributed by atoms with Crippen LogP contribution in [0.3, 0.4) is 0 Å². The topological polar surface area (TPSA) is 64.1 Å². The highest BCUT2D eigenvalue weighted by Gasteiger charge is 2.29. The quantitative estimate of drug-likeness (QED) is 0.216. The molecule has 3 rings (SSSR count). The summed E-state index contributed by atoms with van der Waals surface area (Å²) >= 11 is 0. The van der Waals surface area contributed by atoms with Gasteiger partial charge in [-0.05, 0) is 31.7 Å². The van der Waals surface area contributed by atoms with E-state index in [1.54, 1.807) is 0 Å². The van der Waals surface area contributed by atoms with Crippen molar-refractivity contribution in [2.75, 3.05) is 52.7 Å². The van der Waals surface area contributed by atoms with Gasteiger partial charge in [0.15, 0.2) is 5.96 Å². The fraction of sp³-hybridized carbons (Fsp3) is 0.682. The first-order valence-corrected chi connectivity index (χ1v) is 10.7. The van der Waals surface area contributed by atoms with E-state index in [1.165, 1.54) is 5.56 Å². The second kappa shape index (κ2) is 14.2. The summed E-state index contributed by atoms with van der Waals surface area (Å²) in [6, 6.07) is 10.5. The van der Waals surface area contributed by atoms with Crippen LogP contribution in [0.2, 0.25) is 0 Å². The Morgan fingerprint density at radius 3 is 2.79 bits per heavy atom. The Kier molecular flexibility index (Phi) is 11.9. The van der Waals surface area contributed by atoms with Gasteiger partial charge in [0.05, 0.1) is 19.3 Å². The number of halogens is 1. The molecule has 0 aromatic heterocycles. The van der Waals surface area contributed by atoms with Gasteiger partial charge in [0.2, 0.25) is 0 Å². The fourth-order valence-electron chi connectivity index (χ4n) is 3.73. The molecule has 2 aliphatic heterocycles. The third-order valence-corrected chi connectivity index (χ3v) is 5.31. The number of ether oxygens (including phenoxy) is 3. The van der Waals surface area contributed by atoms with E-state index in [-0.39, 0.29) is 30.1 Å². The standard InChI is InChI=1S/C22H35N3O3.HI/c1-2-23-22(24-11-6-12-26-16-18-9-13-27-17-18)25-15-20-10-14-28-21(20)19-7-4-3-5-8-19;/h3-5,7-8,18,20-21H,2,6,9-17H2,1H3,(H2,23,24,25);1H. The SMILES string of the molecule is CCNC(=NCC1CCOC1c1ccccc1)NCCCOCC1CCOC1.I. The van der Waals surface area contributed by atoms with E-state index >= 15 is 0 Å². The summed E-state index contributed by atoms with van der Waals surface area (Å²) in [6.45, 7) is 8.71.